The summed E-state index contributed by atoms with van der Waals surface area (Å²) in [5, 5.41) is 3.26. The van der Waals surface area contributed by atoms with Crippen molar-refractivity contribution in [2.45, 2.75) is 31.9 Å². The van der Waals surface area contributed by atoms with Gasteiger partial charge < -0.3 is 19.7 Å². The molecule has 4 nitrogen and oxygen atoms in total. The summed E-state index contributed by atoms with van der Waals surface area (Å²) in [4.78, 5) is 2.35. The van der Waals surface area contributed by atoms with Gasteiger partial charge in [0.25, 0.3) is 0 Å². The fraction of sp³-hybridized carbons (Fsp3) is 0.647. The van der Waals surface area contributed by atoms with Crippen molar-refractivity contribution in [3.8, 4) is 5.75 Å². The van der Waals surface area contributed by atoms with Gasteiger partial charge in [-0.2, -0.15) is 0 Å². The first-order valence-electron chi connectivity index (χ1n) is 7.71. The van der Waals surface area contributed by atoms with Gasteiger partial charge in [-0.15, -0.1) is 0 Å². The molecule has 21 heavy (non-hydrogen) atoms. The molecule has 1 aromatic carbocycles. The molecule has 0 amide bonds. The van der Waals surface area contributed by atoms with E-state index < -0.39 is 0 Å². The Hall–Kier alpha value is -1.10. The minimum absolute atomic E-state index is 0.0483. The van der Waals surface area contributed by atoms with Crippen LogP contribution in [-0.2, 0) is 11.2 Å². The number of ether oxygens (including phenoxy) is 2. The Bertz CT molecular complexity index is 446. The lowest BCUT2D eigenvalue weighted by Crippen LogP contribution is -2.59. The second-order valence-electron chi connectivity index (χ2n) is 6.25. The molecule has 0 aromatic heterocycles. The molecule has 1 aromatic rings. The third-order valence-electron chi connectivity index (χ3n) is 4.35. The Balaban J connectivity index is 1.77. The van der Waals surface area contributed by atoms with Gasteiger partial charge in [-0.1, -0.05) is 18.2 Å². The molecule has 1 aliphatic heterocycles. The molecule has 118 valence electrons. The van der Waals surface area contributed by atoms with Crippen LogP contribution in [0.1, 0.15) is 19.4 Å². The van der Waals surface area contributed by atoms with E-state index >= 15 is 0 Å². The van der Waals surface area contributed by atoms with Crippen molar-refractivity contribution in [1.82, 2.24) is 10.2 Å². The molecular formula is C17H28N2O2. The predicted molar refractivity (Wildman–Crippen MR) is 86.0 cm³/mol. The van der Waals surface area contributed by atoms with Crippen molar-refractivity contribution in [3.63, 3.8) is 0 Å². The Morgan fingerprint density at radius 2 is 2.05 bits per heavy atom. The summed E-state index contributed by atoms with van der Waals surface area (Å²) < 4.78 is 11.4. The second-order valence-corrected chi connectivity index (χ2v) is 6.25. The highest BCUT2D eigenvalue weighted by Gasteiger charge is 2.32. The number of nitrogens with zero attached hydrogens (tertiary/aromatic N) is 1. The molecule has 2 rings (SSSR count). The van der Waals surface area contributed by atoms with E-state index in [1.54, 1.807) is 7.11 Å². The summed E-state index contributed by atoms with van der Waals surface area (Å²) in [7, 11) is 3.89. The third-order valence-corrected chi connectivity index (χ3v) is 4.35. The zero-order chi connectivity index (χ0) is 15.3. The number of nitrogens with one attached hydrogen (secondary N) is 1. The molecule has 0 radical (unpaired) electrons. The van der Waals surface area contributed by atoms with Crippen LogP contribution in [0.25, 0.3) is 0 Å². The van der Waals surface area contributed by atoms with Crippen molar-refractivity contribution in [2.24, 2.45) is 0 Å². The van der Waals surface area contributed by atoms with Crippen LogP contribution in [0.4, 0.5) is 0 Å². The average molecular weight is 292 g/mol. The quantitative estimate of drug-likeness (QED) is 0.794. The average Bonchev–Trinajstić information content (AvgIpc) is 2.45. The zero-order valence-corrected chi connectivity index (χ0v) is 13.7. The molecule has 1 saturated heterocycles. The van der Waals surface area contributed by atoms with Gasteiger partial charge in [0, 0.05) is 25.7 Å². The number of benzene rings is 1. The summed E-state index contributed by atoms with van der Waals surface area (Å²) in [6, 6.07) is 8.70. The minimum atomic E-state index is 0.0483. The van der Waals surface area contributed by atoms with Crippen LogP contribution in [0.5, 0.6) is 5.75 Å². The number of para-hydroxylation sites is 1. The van der Waals surface area contributed by atoms with Crippen molar-refractivity contribution in [3.05, 3.63) is 29.8 Å². The Kier molecular flexibility index (Phi) is 5.62. The number of likely N-dealkylation sites (N-methyl/N-ethyl adjacent to an activating group) is 1. The molecule has 4 heteroatoms. The summed E-state index contributed by atoms with van der Waals surface area (Å²) in [5.41, 5.74) is 1.31. The molecule has 1 N–H and O–H groups in total. The van der Waals surface area contributed by atoms with Crippen molar-refractivity contribution < 1.29 is 9.47 Å². The van der Waals surface area contributed by atoms with Gasteiger partial charge in [0.15, 0.2) is 0 Å². The van der Waals surface area contributed by atoms with Gasteiger partial charge in [0.2, 0.25) is 0 Å². The fourth-order valence-electron chi connectivity index (χ4n) is 2.58. The molecule has 0 saturated carbocycles. The van der Waals surface area contributed by atoms with Gasteiger partial charge in [0.1, 0.15) is 5.75 Å². The number of rotatable bonds is 8. The highest BCUT2D eigenvalue weighted by molar-refractivity contribution is 5.33. The van der Waals surface area contributed by atoms with Gasteiger partial charge in [-0.25, -0.2) is 0 Å². The van der Waals surface area contributed by atoms with E-state index in [0.717, 1.165) is 38.4 Å². The topological polar surface area (TPSA) is 33.7 Å². The van der Waals surface area contributed by atoms with Crippen LogP contribution in [0.2, 0.25) is 0 Å². The lowest BCUT2D eigenvalue weighted by molar-refractivity contribution is -0.0724. The maximum atomic E-state index is 5.95. The zero-order valence-electron chi connectivity index (χ0n) is 13.7. The van der Waals surface area contributed by atoms with Gasteiger partial charge in [0.05, 0.1) is 19.3 Å². The second kappa shape index (κ2) is 7.25. The molecule has 1 unspecified atom stereocenters. The largest absolute Gasteiger partial charge is 0.496 e. The standard InChI is InChI=1S/C17H28N2O2/c1-14(11-15-7-5-6-8-16(15)20-4)19(3)9-10-21-17(2)12-18-13-17/h5-8,14,18H,9-13H2,1-4H3. The number of methoxy groups -OCH3 is 1. The Morgan fingerprint density at radius 1 is 1.33 bits per heavy atom. The van der Waals surface area contributed by atoms with Crippen molar-refractivity contribution >= 4 is 0 Å². The molecule has 1 fully saturated rings. The van der Waals surface area contributed by atoms with Crippen molar-refractivity contribution in [2.75, 3.05) is 40.4 Å². The highest BCUT2D eigenvalue weighted by atomic mass is 16.5. The normalized spacial score (nSPS) is 18.3. The first-order chi connectivity index (χ1) is 10.0. The third kappa shape index (κ3) is 4.43. The maximum Gasteiger partial charge on any atom is 0.122 e. The van der Waals surface area contributed by atoms with E-state index in [-0.39, 0.29) is 5.60 Å². The first-order valence-corrected chi connectivity index (χ1v) is 7.71. The first kappa shape index (κ1) is 16.3. The van der Waals surface area contributed by atoms with E-state index in [1.807, 2.05) is 12.1 Å². The summed E-state index contributed by atoms with van der Waals surface area (Å²) in [6.45, 7) is 8.08. The number of hydrogen-bond donors (Lipinski definition) is 1. The fourth-order valence-corrected chi connectivity index (χ4v) is 2.58. The van der Waals surface area contributed by atoms with E-state index in [1.165, 1.54) is 5.56 Å². The van der Waals surface area contributed by atoms with E-state index in [9.17, 15) is 0 Å². The molecule has 0 spiro atoms. The van der Waals surface area contributed by atoms with Gasteiger partial charge in [-0.3, -0.25) is 0 Å². The predicted octanol–water partition coefficient (Wildman–Crippen LogP) is 1.94. The van der Waals surface area contributed by atoms with Gasteiger partial charge in [-0.05, 0) is 38.9 Å². The molecule has 0 bridgehead atoms. The van der Waals surface area contributed by atoms with Crippen LogP contribution in [-0.4, -0.2) is 56.9 Å². The lowest BCUT2D eigenvalue weighted by atomic mass is 10.0. The summed E-state index contributed by atoms with van der Waals surface area (Å²) in [6.07, 6.45) is 0.985. The number of hydrogen-bond acceptors (Lipinski definition) is 4. The Labute approximate surface area is 128 Å². The molecule has 1 heterocycles. The van der Waals surface area contributed by atoms with Crippen LogP contribution in [0.3, 0.4) is 0 Å². The van der Waals surface area contributed by atoms with Crippen LogP contribution in [0.15, 0.2) is 24.3 Å². The van der Waals surface area contributed by atoms with E-state index in [4.69, 9.17) is 9.47 Å². The molecular weight excluding hydrogens is 264 g/mol. The van der Waals surface area contributed by atoms with Crippen molar-refractivity contribution in [1.29, 1.82) is 0 Å². The molecule has 0 aliphatic carbocycles. The monoisotopic (exact) mass is 292 g/mol. The smallest absolute Gasteiger partial charge is 0.122 e. The lowest BCUT2D eigenvalue weighted by Gasteiger charge is -2.39. The molecule has 1 aliphatic rings. The highest BCUT2D eigenvalue weighted by Crippen LogP contribution is 2.20. The van der Waals surface area contributed by atoms with E-state index in [2.05, 4.69) is 43.2 Å². The SMILES string of the molecule is COc1ccccc1CC(C)N(C)CCOC1(C)CNC1. The van der Waals surface area contributed by atoms with Gasteiger partial charge >= 0.3 is 0 Å². The summed E-state index contributed by atoms with van der Waals surface area (Å²) >= 11 is 0. The van der Waals surface area contributed by atoms with Crippen LogP contribution in [0, 0.1) is 0 Å². The van der Waals surface area contributed by atoms with Crippen LogP contribution >= 0.6 is 0 Å². The Morgan fingerprint density at radius 3 is 2.67 bits per heavy atom. The van der Waals surface area contributed by atoms with E-state index in [0.29, 0.717) is 6.04 Å². The minimum Gasteiger partial charge on any atom is -0.496 e. The van der Waals surface area contributed by atoms with Crippen LogP contribution < -0.4 is 10.1 Å². The summed E-state index contributed by atoms with van der Waals surface area (Å²) in [5.74, 6) is 0.974. The maximum absolute atomic E-state index is 5.95. The molecule has 1 atom stereocenters.